The Kier molecular flexibility index (Phi) is 4.85. The average molecular weight is 407 g/mol. The molecule has 0 aliphatic heterocycles. The SMILES string of the molecule is O=[N+]([O-])c1ccc(S(=O)(=O)n2cc(CCc3ccccn3)c3ccccc32)cc1. The van der Waals surface area contributed by atoms with Crippen molar-refractivity contribution in [3.63, 3.8) is 0 Å². The Morgan fingerprint density at radius 3 is 2.34 bits per heavy atom. The number of hydrogen-bond donors (Lipinski definition) is 0. The largest absolute Gasteiger partial charge is 0.269 e. The summed E-state index contributed by atoms with van der Waals surface area (Å²) in [4.78, 5) is 14.6. The fraction of sp³-hybridized carbons (Fsp3) is 0.0952. The Balaban J connectivity index is 1.74. The summed E-state index contributed by atoms with van der Waals surface area (Å²) in [5.41, 5.74) is 2.25. The summed E-state index contributed by atoms with van der Waals surface area (Å²) in [6.07, 6.45) is 4.69. The lowest BCUT2D eigenvalue weighted by Crippen LogP contribution is -2.11. The molecule has 2 aromatic carbocycles. The first kappa shape index (κ1) is 18.8. The van der Waals surface area contributed by atoms with Gasteiger partial charge in [-0.05, 0) is 48.7 Å². The van der Waals surface area contributed by atoms with Gasteiger partial charge in [0.2, 0.25) is 0 Å². The minimum Gasteiger partial charge on any atom is -0.261 e. The number of nitrogens with zero attached hydrogens (tertiary/aromatic N) is 3. The Labute approximate surface area is 167 Å². The summed E-state index contributed by atoms with van der Waals surface area (Å²) in [6.45, 7) is 0. The molecule has 0 bridgehead atoms. The van der Waals surface area contributed by atoms with Gasteiger partial charge < -0.3 is 0 Å². The number of hydrogen-bond acceptors (Lipinski definition) is 5. The van der Waals surface area contributed by atoms with Gasteiger partial charge in [0.1, 0.15) is 0 Å². The van der Waals surface area contributed by atoms with E-state index in [-0.39, 0.29) is 10.6 Å². The van der Waals surface area contributed by atoms with Crippen molar-refractivity contribution in [2.75, 3.05) is 0 Å². The van der Waals surface area contributed by atoms with Crippen LogP contribution in [0.5, 0.6) is 0 Å². The molecule has 0 unspecified atom stereocenters. The highest BCUT2D eigenvalue weighted by molar-refractivity contribution is 7.90. The van der Waals surface area contributed by atoms with Crippen molar-refractivity contribution in [2.24, 2.45) is 0 Å². The van der Waals surface area contributed by atoms with Gasteiger partial charge in [0.25, 0.3) is 15.7 Å². The van der Waals surface area contributed by atoms with Crippen molar-refractivity contribution < 1.29 is 13.3 Å². The van der Waals surface area contributed by atoms with Gasteiger partial charge in [0.15, 0.2) is 0 Å². The molecule has 2 heterocycles. The predicted molar refractivity (Wildman–Crippen MR) is 109 cm³/mol. The molecule has 0 radical (unpaired) electrons. The van der Waals surface area contributed by atoms with Crippen molar-refractivity contribution >= 4 is 26.6 Å². The van der Waals surface area contributed by atoms with Gasteiger partial charge in [0.05, 0.1) is 15.3 Å². The lowest BCUT2D eigenvalue weighted by Gasteiger charge is -2.07. The van der Waals surface area contributed by atoms with E-state index >= 15 is 0 Å². The van der Waals surface area contributed by atoms with Crippen LogP contribution in [0.1, 0.15) is 11.3 Å². The zero-order valence-corrected chi connectivity index (χ0v) is 16.1. The van der Waals surface area contributed by atoms with Gasteiger partial charge in [-0.15, -0.1) is 0 Å². The molecule has 0 aliphatic carbocycles. The van der Waals surface area contributed by atoms with Gasteiger partial charge in [-0.2, -0.15) is 0 Å². The zero-order chi connectivity index (χ0) is 20.4. The highest BCUT2D eigenvalue weighted by Gasteiger charge is 2.22. The molecule has 0 aliphatic rings. The molecule has 0 atom stereocenters. The first-order valence-corrected chi connectivity index (χ1v) is 10.4. The van der Waals surface area contributed by atoms with Gasteiger partial charge in [0, 0.05) is 35.6 Å². The molecule has 4 rings (SSSR count). The second-order valence-corrected chi connectivity index (χ2v) is 8.36. The van der Waals surface area contributed by atoms with Crippen LogP contribution in [-0.2, 0) is 22.9 Å². The third-order valence-corrected chi connectivity index (χ3v) is 6.43. The number of rotatable bonds is 6. The summed E-state index contributed by atoms with van der Waals surface area (Å²) < 4.78 is 27.6. The van der Waals surface area contributed by atoms with E-state index in [1.807, 2.05) is 30.3 Å². The van der Waals surface area contributed by atoms with Gasteiger partial charge in [-0.25, -0.2) is 12.4 Å². The summed E-state index contributed by atoms with van der Waals surface area (Å²) in [5, 5.41) is 11.7. The monoisotopic (exact) mass is 407 g/mol. The van der Waals surface area contributed by atoms with Crippen molar-refractivity contribution in [2.45, 2.75) is 17.7 Å². The molecular weight excluding hydrogens is 390 g/mol. The first-order chi connectivity index (χ1) is 14.0. The van der Waals surface area contributed by atoms with E-state index in [0.29, 0.717) is 18.4 Å². The van der Waals surface area contributed by atoms with Gasteiger partial charge in [-0.1, -0.05) is 24.3 Å². The second-order valence-electron chi connectivity index (χ2n) is 6.54. The minimum absolute atomic E-state index is 0.000120. The maximum Gasteiger partial charge on any atom is 0.269 e. The molecule has 29 heavy (non-hydrogen) atoms. The van der Waals surface area contributed by atoms with Gasteiger partial charge in [-0.3, -0.25) is 15.1 Å². The average Bonchev–Trinajstić information content (AvgIpc) is 3.13. The molecule has 0 spiro atoms. The molecule has 0 N–H and O–H groups in total. The molecule has 0 amide bonds. The minimum atomic E-state index is -3.89. The normalized spacial score (nSPS) is 11.6. The Morgan fingerprint density at radius 2 is 1.66 bits per heavy atom. The van der Waals surface area contributed by atoms with Gasteiger partial charge >= 0.3 is 0 Å². The summed E-state index contributed by atoms with van der Waals surface area (Å²) in [5.74, 6) is 0. The quantitative estimate of drug-likeness (QED) is 0.356. The van der Waals surface area contributed by atoms with Crippen LogP contribution in [-0.4, -0.2) is 22.3 Å². The maximum absolute atomic E-state index is 13.2. The number of nitro benzene ring substituents is 1. The standard InChI is InChI=1S/C21H17N3O4S/c25-24(26)18-10-12-19(13-11-18)29(27,28)23-15-16(20-6-1-2-7-21(20)23)8-9-17-5-3-4-14-22-17/h1-7,10-15H,8-9H2. The number of fused-ring (bicyclic) bond motifs is 1. The van der Waals surface area contributed by atoms with Crippen molar-refractivity contribution in [1.82, 2.24) is 8.96 Å². The Bertz CT molecular complexity index is 1280. The number of pyridine rings is 1. The number of aryl methyl sites for hydroxylation is 2. The molecule has 0 saturated carbocycles. The molecule has 8 heteroatoms. The number of para-hydroxylation sites is 1. The first-order valence-electron chi connectivity index (χ1n) is 8.96. The summed E-state index contributed by atoms with van der Waals surface area (Å²) in [6, 6.07) is 17.9. The lowest BCUT2D eigenvalue weighted by molar-refractivity contribution is -0.384. The highest BCUT2D eigenvalue weighted by Crippen LogP contribution is 2.27. The fourth-order valence-corrected chi connectivity index (χ4v) is 4.67. The molecule has 4 aromatic rings. The number of nitro groups is 1. The van der Waals surface area contributed by atoms with Crippen LogP contribution in [0.4, 0.5) is 5.69 Å². The molecule has 0 saturated heterocycles. The van der Waals surface area contributed by atoms with Crippen LogP contribution >= 0.6 is 0 Å². The van der Waals surface area contributed by atoms with Crippen LogP contribution in [0.25, 0.3) is 10.9 Å². The smallest absolute Gasteiger partial charge is 0.261 e. The molecule has 146 valence electrons. The van der Waals surface area contributed by atoms with E-state index in [1.165, 1.54) is 28.2 Å². The van der Waals surface area contributed by atoms with Crippen molar-refractivity contribution in [3.05, 3.63) is 100 Å². The third-order valence-electron chi connectivity index (χ3n) is 4.74. The van der Waals surface area contributed by atoms with Crippen molar-refractivity contribution in [3.8, 4) is 0 Å². The molecular formula is C21H17N3O4S. The summed E-state index contributed by atoms with van der Waals surface area (Å²) >= 11 is 0. The maximum atomic E-state index is 13.2. The number of benzene rings is 2. The fourth-order valence-electron chi connectivity index (χ4n) is 3.28. The Morgan fingerprint density at radius 1 is 0.931 bits per heavy atom. The van der Waals surface area contributed by atoms with E-state index in [4.69, 9.17) is 0 Å². The highest BCUT2D eigenvalue weighted by atomic mass is 32.2. The van der Waals surface area contributed by atoms with Crippen LogP contribution in [0.15, 0.2) is 84.0 Å². The summed E-state index contributed by atoms with van der Waals surface area (Å²) in [7, 11) is -3.89. The van der Waals surface area contributed by atoms with E-state index in [1.54, 1.807) is 24.5 Å². The third kappa shape index (κ3) is 3.62. The zero-order valence-electron chi connectivity index (χ0n) is 15.3. The Hall–Kier alpha value is -3.52. The van der Waals surface area contributed by atoms with E-state index < -0.39 is 14.9 Å². The van der Waals surface area contributed by atoms with Crippen LogP contribution in [0.3, 0.4) is 0 Å². The van der Waals surface area contributed by atoms with Crippen LogP contribution < -0.4 is 0 Å². The van der Waals surface area contributed by atoms with Crippen LogP contribution in [0, 0.1) is 10.1 Å². The second kappa shape index (κ2) is 7.48. The number of aromatic nitrogens is 2. The molecule has 7 nitrogen and oxygen atoms in total. The van der Waals surface area contributed by atoms with Crippen LogP contribution in [0.2, 0.25) is 0 Å². The van der Waals surface area contributed by atoms with E-state index in [0.717, 1.165) is 16.6 Å². The topological polar surface area (TPSA) is 95.1 Å². The molecule has 2 aromatic heterocycles. The molecule has 0 fully saturated rings. The van der Waals surface area contributed by atoms with E-state index in [2.05, 4.69) is 4.98 Å². The number of non-ortho nitro benzene ring substituents is 1. The predicted octanol–water partition coefficient (Wildman–Crippen LogP) is 3.97. The van der Waals surface area contributed by atoms with E-state index in [9.17, 15) is 18.5 Å². The van der Waals surface area contributed by atoms with Crippen molar-refractivity contribution in [1.29, 1.82) is 0 Å². The lowest BCUT2D eigenvalue weighted by atomic mass is 10.1.